The van der Waals surface area contributed by atoms with Gasteiger partial charge in [0.1, 0.15) is 5.69 Å². The highest BCUT2D eigenvalue weighted by Crippen LogP contribution is 2.07. The molecule has 0 aliphatic rings. The Morgan fingerprint density at radius 3 is 2.54 bits per heavy atom. The van der Waals surface area contributed by atoms with Gasteiger partial charge < -0.3 is 10.3 Å². The third-order valence-electron chi connectivity index (χ3n) is 1.38. The highest BCUT2D eigenvalue weighted by Gasteiger charge is 2.15. The number of rotatable bonds is 1. The van der Waals surface area contributed by atoms with Crippen LogP contribution in [-0.4, -0.2) is 16.4 Å². The Bertz CT molecular complexity index is 312. The molecule has 0 spiro atoms. The molecular weight excluding hydrogens is 279 g/mol. The maximum atomic E-state index is 11.5. The first-order chi connectivity index (χ1) is 5.88. The van der Waals surface area contributed by atoms with Gasteiger partial charge in [0, 0.05) is 15.3 Å². The summed E-state index contributed by atoms with van der Waals surface area (Å²) in [5.41, 5.74) is 0.424. The van der Waals surface area contributed by atoms with Crippen molar-refractivity contribution in [3.8, 4) is 0 Å². The SMILES string of the molecule is CC(C)(C)NC(=O)c1cc(I)c[nH]1. The highest BCUT2D eigenvalue weighted by molar-refractivity contribution is 14.1. The molecular formula is C9H13IN2O. The fourth-order valence-electron chi connectivity index (χ4n) is 0.907. The third-order valence-corrected chi connectivity index (χ3v) is 2.00. The average molecular weight is 292 g/mol. The predicted octanol–water partition coefficient (Wildman–Crippen LogP) is 2.15. The second-order valence-corrected chi connectivity index (χ2v) is 5.18. The van der Waals surface area contributed by atoms with Gasteiger partial charge in [-0.15, -0.1) is 0 Å². The molecule has 0 radical (unpaired) electrons. The fourth-order valence-corrected chi connectivity index (χ4v) is 1.37. The molecule has 0 aliphatic carbocycles. The van der Waals surface area contributed by atoms with Crippen molar-refractivity contribution in [2.45, 2.75) is 26.3 Å². The van der Waals surface area contributed by atoms with E-state index in [1.807, 2.05) is 26.8 Å². The van der Waals surface area contributed by atoms with E-state index in [2.05, 4.69) is 32.9 Å². The molecule has 0 aliphatic heterocycles. The zero-order valence-electron chi connectivity index (χ0n) is 7.94. The van der Waals surface area contributed by atoms with Crippen molar-refractivity contribution in [3.05, 3.63) is 21.5 Å². The third kappa shape index (κ3) is 3.38. The summed E-state index contributed by atoms with van der Waals surface area (Å²) in [6, 6.07) is 1.82. The number of hydrogen-bond donors (Lipinski definition) is 2. The van der Waals surface area contributed by atoms with Crippen molar-refractivity contribution >= 4 is 28.5 Å². The number of carbonyl (C=O) groups is 1. The minimum atomic E-state index is -0.187. The summed E-state index contributed by atoms with van der Waals surface area (Å²) in [6.45, 7) is 5.87. The van der Waals surface area contributed by atoms with Gasteiger partial charge in [0.05, 0.1) is 0 Å². The van der Waals surface area contributed by atoms with Crippen molar-refractivity contribution in [2.24, 2.45) is 0 Å². The molecule has 1 amide bonds. The molecule has 0 aromatic carbocycles. The lowest BCUT2D eigenvalue weighted by Crippen LogP contribution is -2.40. The Hall–Kier alpha value is -0.520. The topological polar surface area (TPSA) is 44.9 Å². The molecule has 13 heavy (non-hydrogen) atoms. The largest absolute Gasteiger partial charge is 0.356 e. The lowest BCUT2D eigenvalue weighted by Gasteiger charge is -2.19. The molecule has 3 nitrogen and oxygen atoms in total. The van der Waals surface area contributed by atoms with E-state index in [1.165, 1.54) is 0 Å². The van der Waals surface area contributed by atoms with Gasteiger partial charge >= 0.3 is 0 Å². The lowest BCUT2D eigenvalue weighted by atomic mass is 10.1. The number of hydrogen-bond acceptors (Lipinski definition) is 1. The van der Waals surface area contributed by atoms with Crippen LogP contribution in [0, 0.1) is 3.57 Å². The molecule has 0 saturated heterocycles. The van der Waals surface area contributed by atoms with Crippen molar-refractivity contribution in [2.75, 3.05) is 0 Å². The van der Waals surface area contributed by atoms with E-state index < -0.39 is 0 Å². The Balaban J connectivity index is 2.70. The molecule has 0 unspecified atom stereocenters. The first kappa shape index (κ1) is 10.6. The van der Waals surface area contributed by atoms with Crippen molar-refractivity contribution < 1.29 is 4.79 Å². The van der Waals surface area contributed by atoms with Gasteiger partial charge in [-0.3, -0.25) is 4.79 Å². The summed E-state index contributed by atoms with van der Waals surface area (Å²) >= 11 is 2.16. The molecule has 0 fully saturated rings. The maximum absolute atomic E-state index is 11.5. The predicted molar refractivity (Wildman–Crippen MR) is 60.7 cm³/mol. The van der Waals surface area contributed by atoms with Crippen LogP contribution in [0.4, 0.5) is 0 Å². The van der Waals surface area contributed by atoms with Crippen molar-refractivity contribution in [3.63, 3.8) is 0 Å². The summed E-state index contributed by atoms with van der Waals surface area (Å²) in [5, 5.41) is 2.88. The van der Waals surface area contributed by atoms with E-state index in [4.69, 9.17) is 0 Å². The first-order valence-corrected chi connectivity index (χ1v) is 5.13. The zero-order valence-corrected chi connectivity index (χ0v) is 10.1. The monoisotopic (exact) mass is 292 g/mol. The Kier molecular flexibility index (Phi) is 3.00. The van der Waals surface area contributed by atoms with Gasteiger partial charge in [0.15, 0.2) is 0 Å². The standard InChI is InChI=1S/C9H13IN2O/c1-9(2,3)12-8(13)7-4-6(10)5-11-7/h4-5,11H,1-3H3,(H,12,13). The molecule has 2 N–H and O–H groups in total. The van der Waals surface area contributed by atoms with Gasteiger partial charge in [-0.2, -0.15) is 0 Å². The van der Waals surface area contributed by atoms with E-state index in [0.717, 1.165) is 3.57 Å². The molecule has 4 heteroatoms. The number of amides is 1. The summed E-state index contributed by atoms with van der Waals surface area (Å²) in [7, 11) is 0. The second kappa shape index (κ2) is 3.69. The molecule has 0 atom stereocenters. The van der Waals surface area contributed by atoms with Crippen molar-refractivity contribution in [1.29, 1.82) is 0 Å². The van der Waals surface area contributed by atoms with Crippen LogP contribution in [0.25, 0.3) is 0 Å². The number of nitrogens with one attached hydrogen (secondary N) is 2. The van der Waals surface area contributed by atoms with Crippen molar-refractivity contribution in [1.82, 2.24) is 10.3 Å². The summed E-state index contributed by atoms with van der Waals surface area (Å²) in [6.07, 6.45) is 1.80. The summed E-state index contributed by atoms with van der Waals surface area (Å²) in [4.78, 5) is 14.4. The molecule has 1 aromatic heterocycles. The first-order valence-electron chi connectivity index (χ1n) is 4.05. The molecule has 1 rings (SSSR count). The highest BCUT2D eigenvalue weighted by atomic mass is 127. The van der Waals surface area contributed by atoms with Gasteiger partial charge in [0.2, 0.25) is 0 Å². The smallest absolute Gasteiger partial charge is 0.268 e. The molecule has 72 valence electrons. The van der Waals surface area contributed by atoms with E-state index in [1.54, 1.807) is 6.20 Å². The van der Waals surface area contributed by atoms with E-state index in [0.29, 0.717) is 5.69 Å². The number of aromatic amines is 1. The van der Waals surface area contributed by atoms with Crippen LogP contribution in [0.2, 0.25) is 0 Å². The van der Waals surface area contributed by atoms with Gasteiger partial charge in [0.25, 0.3) is 5.91 Å². The Morgan fingerprint density at radius 2 is 2.15 bits per heavy atom. The van der Waals surface area contributed by atoms with Crippen LogP contribution >= 0.6 is 22.6 Å². The Labute approximate surface area is 91.4 Å². The second-order valence-electron chi connectivity index (χ2n) is 3.94. The minimum Gasteiger partial charge on any atom is -0.356 e. The van der Waals surface area contributed by atoms with Crippen LogP contribution in [0.1, 0.15) is 31.3 Å². The number of aromatic nitrogens is 1. The van der Waals surface area contributed by atoms with Crippen LogP contribution < -0.4 is 5.32 Å². The minimum absolute atomic E-state index is 0.0598. The Morgan fingerprint density at radius 1 is 1.54 bits per heavy atom. The van der Waals surface area contributed by atoms with E-state index in [-0.39, 0.29) is 11.4 Å². The van der Waals surface area contributed by atoms with Crippen LogP contribution in [-0.2, 0) is 0 Å². The number of H-pyrrole nitrogens is 1. The lowest BCUT2D eigenvalue weighted by molar-refractivity contribution is 0.0915. The fraction of sp³-hybridized carbons (Fsp3) is 0.444. The molecule has 0 saturated carbocycles. The zero-order chi connectivity index (χ0) is 10.1. The summed E-state index contributed by atoms with van der Waals surface area (Å²) < 4.78 is 1.04. The molecule has 1 aromatic rings. The summed E-state index contributed by atoms with van der Waals surface area (Å²) in [5.74, 6) is -0.0598. The van der Waals surface area contributed by atoms with E-state index in [9.17, 15) is 4.79 Å². The van der Waals surface area contributed by atoms with E-state index >= 15 is 0 Å². The number of halogens is 1. The van der Waals surface area contributed by atoms with Crippen LogP contribution in [0.3, 0.4) is 0 Å². The molecule has 0 bridgehead atoms. The quantitative estimate of drug-likeness (QED) is 0.765. The average Bonchev–Trinajstić information content (AvgIpc) is 2.31. The van der Waals surface area contributed by atoms with Crippen LogP contribution in [0.15, 0.2) is 12.3 Å². The van der Waals surface area contributed by atoms with Gasteiger partial charge in [-0.05, 0) is 49.4 Å². The number of carbonyl (C=O) groups excluding carboxylic acids is 1. The van der Waals surface area contributed by atoms with Crippen LogP contribution in [0.5, 0.6) is 0 Å². The normalized spacial score (nSPS) is 11.4. The maximum Gasteiger partial charge on any atom is 0.268 e. The molecule has 1 heterocycles. The van der Waals surface area contributed by atoms with Gasteiger partial charge in [-0.1, -0.05) is 0 Å². The van der Waals surface area contributed by atoms with Gasteiger partial charge in [-0.25, -0.2) is 0 Å².